The van der Waals surface area contributed by atoms with Gasteiger partial charge < -0.3 is 14.5 Å². The van der Waals surface area contributed by atoms with Gasteiger partial charge in [0, 0.05) is 30.5 Å². The summed E-state index contributed by atoms with van der Waals surface area (Å²) in [5, 5.41) is 4.39. The summed E-state index contributed by atoms with van der Waals surface area (Å²) < 4.78 is 10.9. The fourth-order valence-electron chi connectivity index (χ4n) is 2.83. The molecule has 1 N–H and O–H groups in total. The molecular formula is C20H18N4O2. The highest BCUT2D eigenvalue weighted by molar-refractivity contribution is 5.90. The molecule has 1 aromatic carbocycles. The molecule has 6 heteroatoms. The number of para-hydroxylation sites is 1. The molecule has 0 fully saturated rings. The highest BCUT2D eigenvalue weighted by atomic mass is 16.5. The van der Waals surface area contributed by atoms with E-state index < -0.39 is 0 Å². The Morgan fingerprint density at radius 2 is 1.88 bits per heavy atom. The number of fused-ring (bicyclic) bond motifs is 1. The second-order valence-electron chi connectivity index (χ2n) is 5.82. The number of rotatable bonds is 6. The zero-order valence-corrected chi connectivity index (χ0v) is 14.3. The van der Waals surface area contributed by atoms with Crippen LogP contribution in [0.4, 0.5) is 5.82 Å². The maximum Gasteiger partial charge on any atom is 0.162 e. The van der Waals surface area contributed by atoms with Crippen molar-refractivity contribution in [2.24, 2.45) is 0 Å². The monoisotopic (exact) mass is 346 g/mol. The Morgan fingerprint density at radius 3 is 2.65 bits per heavy atom. The van der Waals surface area contributed by atoms with Gasteiger partial charge in [-0.05, 0) is 36.4 Å². The van der Waals surface area contributed by atoms with Crippen LogP contribution in [-0.4, -0.2) is 28.7 Å². The van der Waals surface area contributed by atoms with E-state index in [2.05, 4.69) is 15.3 Å². The Bertz CT molecular complexity index is 987. The van der Waals surface area contributed by atoms with E-state index in [1.807, 2.05) is 48.5 Å². The van der Waals surface area contributed by atoms with E-state index in [1.54, 1.807) is 25.8 Å². The largest absolute Gasteiger partial charge is 0.467 e. The molecule has 3 aromatic heterocycles. The van der Waals surface area contributed by atoms with Crippen LogP contribution in [0.1, 0.15) is 11.8 Å². The Balaban J connectivity index is 1.80. The van der Waals surface area contributed by atoms with Gasteiger partial charge in [0.2, 0.25) is 0 Å². The summed E-state index contributed by atoms with van der Waals surface area (Å²) in [4.78, 5) is 13.5. The fraction of sp³-hybridized carbons (Fsp3) is 0.150. The number of hydrogen-bond acceptors (Lipinski definition) is 6. The van der Waals surface area contributed by atoms with Crippen molar-refractivity contribution in [2.45, 2.75) is 6.04 Å². The summed E-state index contributed by atoms with van der Waals surface area (Å²) >= 11 is 0. The van der Waals surface area contributed by atoms with Crippen LogP contribution in [-0.2, 0) is 4.74 Å². The lowest BCUT2D eigenvalue weighted by atomic mass is 10.1. The molecule has 4 rings (SSSR count). The molecule has 0 spiro atoms. The zero-order chi connectivity index (χ0) is 17.8. The van der Waals surface area contributed by atoms with Crippen LogP contribution in [0.5, 0.6) is 0 Å². The molecular weight excluding hydrogens is 328 g/mol. The number of nitrogens with one attached hydrogen (secondary N) is 1. The van der Waals surface area contributed by atoms with Gasteiger partial charge in [0.15, 0.2) is 5.82 Å². The van der Waals surface area contributed by atoms with Crippen molar-refractivity contribution < 1.29 is 9.15 Å². The van der Waals surface area contributed by atoms with Crippen LogP contribution in [0.15, 0.2) is 71.6 Å². The Kier molecular flexibility index (Phi) is 4.57. The number of pyridine rings is 1. The summed E-state index contributed by atoms with van der Waals surface area (Å²) in [7, 11) is 1.66. The van der Waals surface area contributed by atoms with Gasteiger partial charge in [0.25, 0.3) is 0 Å². The maximum atomic E-state index is 5.55. The van der Waals surface area contributed by atoms with Gasteiger partial charge in [-0.2, -0.15) is 0 Å². The average Bonchev–Trinajstić information content (AvgIpc) is 3.23. The third-order valence-electron chi connectivity index (χ3n) is 4.07. The Labute approximate surface area is 150 Å². The van der Waals surface area contributed by atoms with Crippen LogP contribution >= 0.6 is 0 Å². The van der Waals surface area contributed by atoms with Gasteiger partial charge in [-0.15, -0.1) is 0 Å². The first-order valence-electron chi connectivity index (χ1n) is 8.31. The predicted octanol–water partition coefficient (Wildman–Crippen LogP) is 4.08. The second-order valence-corrected chi connectivity index (χ2v) is 5.82. The molecule has 0 aliphatic rings. The first-order chi connectivity index (χ1) is 12.8. The van der Waals surface area contributed by atoms with Gasteiger partial charge in [-0.1, -0.05) is 12.1 Å². The molecule has 4 aromatic rings. The smallest absolute Gasteiger partial charge is 0.162 e. The van der Waals surface area contributed by atoms with Gasteiger partial charge in [0.05, 0.1) is 18.4 Å². The van der Waals surface area contributed by atoms with Crippen molar-refractivity contribution in [3.8, 4) is 11.4 Å². The zero-order valence-electron chi connectivity index (χ0n) is 14.3. The summed E-state index contributed by atoms with van der Waals surface area (Å²) in [6, 6.07) is 15.3. The first kappa shape index (κ1) is 16.2. The minimum Gasteiger partial charge on any atom is -0.467 e. The lowest BCUT2D eigenvalue weighted by Gasteiger charge is -2.18. The molecule has 130 valence electrons. The third-order valence-corrected chi connectivity index (χ3v) is 4.07. The van der Waals surface area contributed by atoms with Crippen LogP contribution < -0.4 is 5.32 Å². The second kappa shape index (κ2) is 7.33. The van der Waals surface area contributed by atoms with E-state index in [0.29, 0.717) is 12.4 Å². The number of furan rings is 1. The SMILES string of the molecule is COCC(Nc1nc(-c2ccncc2)nc2ccccc12)c1ccco1. The molecule has 0 aliphatic carbocycles. The standard InChI is InChI=1S/C20H18N4O2/c1-25-13-17(18-7-4-12-26-18)23-20-15-5-2-3-6-16(15)22-19(24-20)14-8-10-21-11-9-14/h2-12,17H,13H2,1H3,(H,22,23,24). The van der Waals surface area contributed by atoms with E-state index in [1.165, 1.54) is 0 Å². The molecule has 0 saturated carbocycles. The van der Waals surface area contributed by atoms with Gasteiger partial charge in [-0.3, -0.25) is 4.98 Å². The minimum atomic E-state index is -0.154. The summed E-state index contributed by atoms with van der Waals surface area (Å²) in [5.74, 6) is 2.17. The average molecular weight is 346 g/mol. The first-order valence-corrected chi connectivity index (χ1v) is 8.31. The van der Waals surface area contributed by atoms with Crippen molar-refractivity contribution in [3.05, 3.63) is 72.9 Å². The minimum absolute atomic E-state index is 0.154. The number of aromatic nitrogens is 3. The number of hydrogen-bond donors (Lipinski definition) is 1. The van der Waals surface area contributed by atoms with E-state index >= 15 is 0 Å². The summed E-state index contributed by atoms with van der Waals surface area (Å²) in [6.45, 7) is 0.455. The summed E-state index contributed by atoms with van der Waals surface area (Å²) in [6.07, 6.45) is 5.12. The van der Waals surface area contributed by atoms with Gasteiger partial charge in [0.1, 0.15) is 17.6 Å². The van der Waals surface area contributed by atoms with Crippen LogP contribution in [0, 0.1) is 0 Å². The van der Waals surface area contributed by atoms with Crippen molar-refractivity contribution in [1.29, 1.82) is 0 Å². The van der Waals surface area contributed by atoms with E-state index in [4.69, 9.17) is 14.1 Å². The van der Waals surface area contributed by atoms with Crippen molar-refractivity contribution in [1.82, 2.24) is 15.0 Å². The maximum absolute atomic E-state index is 5.55. The highest BCUT2D eigenvalue weighted by Crippen LogP contribution is 2.28. The lowest BCUT2D eigenvalue weighted by Crippen LogP contribution is -2.17. The van der Waals surface area contributed by atoms with Gasteiger partial charge in [-0.25, -0.2) is 9.97 Å². The molecule has 3 heterocycles. The van der Waals surface area contributed by atoms with E-state index in [9.17, 15) is 0 Å². The number of methoxy groups -OCH3 is 1. The number of anilines is 1. The molecule has 0 aliphatic heterocycles. The summed E-state index contributed by atoms with van der Waals surface area (Å²) in [5.41, 5.74) is 1.78. The quantitative estimate of drug-likeness (QED) is 0.567. The molecule has 0 radical (unpaired) electrons. The van der Waals surface area contributed by atoms with Crippen LogP contribution in [0.3, 0.4) is 0 Å². The molecule has 0 amide bonds. The van der Waals surface area contributed by atoms with Crippen molar-refractivity contribution in [3.63, 3.8) is 0 Å². The molecule has 26 heavy (non-hydrogen) atoms. The van der Waals surface area contributed by atoms with Crippen LogP contribution in [0.2, 0.25) is 0 Å². The Hall–Kier alpha value is -3.25. The van der Waals surface area contributed by atoms with E-state index in [0.717, 1.165) is 28.0 Å². The molecule has 0 bridgehead atoms. The Morgan fingerprint density at radius 1 is 1.04 bits per heavy atom. The molecule has 1 atom stereocenters. The molecule has 6 nitrogen and oxygen atoms in total. The normalized spacial score (nSPS) is 12.2. The van der Waals surface area contributed by atoms with Crippen molar-refractivity contribution >= 4 is 16.7 Å². The lowest BCUT2D eigenvalue weighted by molar-refractivity contribution is 0.178. The molecule has 0 saturated heterocycles. The van der Waals surface area contributed by atoms with Gasteiger partial charge >= 0.3 is 0 Å². The van der Waals surface area contributed by atoms with Crippen LogP contribution in [0.25, 0.3) is 22.3 Å². The van der Waals surface area contributed by atoms with E-state index in [-0.39, 0.29) is 6.04 Å². The topological polar surface area (TPSA) is 73.1 Å². The van der Waals surface area contributed by atoms with Crippen molar-refractivity contribution in [2.75, 3.05) is 19.0 Å². The number of benzene rings is 1. The fourth-order valence-corrected chi connectivity index (χ4v) is 2.83. The number of nitrogens with zero attached hydrogens (tertiary/aromatic N) is 3. The highest BCUT2D eigenvalue weighted by Gasteiger charge is 2.17. The third kappa shape index (κ3) is 3.27. The predicted molar refractivity (Wildman–Crippen MR) is 99.7 cm³/mol. The number of ether oxygens (including phenoxy) is 1. The molecule has 1 unspecified atom stereocenters.